The number of quaternary nitrogens is 1. The maximum atomic E-state index is 11.2. The number of benzene rings is 2. The molecule has 0 unspecified atom stereocenters. The molecule has 2 aromatic rings. The molecule has 7 heteroatoms. The molecule has 0 aliphatic heterocycles. The number of aryl methyl sites for hydroxylation is 1. The molecule has 0 radical (unpaired) electrons. The normalized spacial score (nSPS) is 10.5. The molecule has 2 rings (SSSR count). The van der Waals surface area contributed by atoms with Crippen LogP contribution in [0.4, 0.5) is 5.69 Å². The Morgan fingerprint density at radius 1 is 1.10 bits per heavy atom. The summed E-state index contributed by atoms with van der Waals surface area (Å²) >= 11 is 11.7. The average Bonchev–Trinajstić information content (AvgIpc) is 2.37. The molecule has 0 heterocycles. The second-order valence-electron chi connectivity index (χ2n) is 4.27. The van der Waals surface area contributed by atoms with Gasteiger partial charge >= 0.3 is 0 Å². The first kappa shape index (κ1) is 15.6. The van der Waals surface area contributed by atoms with Crippen LogP contribution in [0.15, 0.2) is 30.3 Å². The predicted octanol–water partition coefficient (Wildman–Crippen LogP) is 3.48. The van der Waals surface area contributed by atoms with Crippen molar-refractivity contribution in [3.63, 3.8) is 0 Å². The van der Waals surface area contributed by atoms with Crippen molar-refractivity contribution in [2.75, 3.05) is 0 Å². The maximum absolute atomic E-state index is 11.2. The van der Waals surface area contributed by atoms with Gasteiger partial charge in [0.05, 0.1) is 11.6 Å². The van der Waals surface area contributed by atoms with Crippen molar-refractivity contribution >= 4 is 28.9 Å². The van der Waals surface area contributed by atoms with Gasteiger partial charge < -0.3 is 20.4 Å². The van der Waals surface area contributed by atoms with E-state index in [2.05, 4.69) is 0 Å². The van der Waals surface area contributed by atoms with Gasteiger partial charge in [-0.15, -0.1) is 0 Å². The fourth-order valence-corrected chi connectivity index (χ4v) is 2.27. The summed E-state index contributed by atoms with van der Waals surface area (Å²) < 4.78 is 5.51. The summed E-state index contributed by atoms with van der Waals surface area (Å²) in [4.78, 5) is 0. The van der Waals surface area contributed by atoms with Crippen LogP contribution in [0.5, 0.6) is 11.5 Å². The Labute approximate surface area is 131 Å². The predicted molar refractivity (Wildman–Crippen MR) is 79.8 cm³/mol. The minimum absolute atomic E-state index is 0.0600. The topological polar surface area (TPSA) is 83.6 Å². The van der Waals surface area contributed by atoms with Gasteiger partial charge in [-0.3, -0.25) is 0 Å². The van der Waals surface area contributed by atoms with Crippen LogP contribution in [-0.4, -0.2) is 0 Å². The molecule has 0 bridgehead atoms. The van der Waals surface area contributed by atoms with Crippen molar-refractivity contribution in [3.8, 4) is 17.6 Å². The summed E-state index contributed by atoms with van der Waals surface area (Å²) in [6, 6.07) is 9.11. The third-order valence-corrected chi connectivity index (χ3v) is 3.17. The first-order valence-electron chi connectivity index (χ1n) is 5.80. The quantitative estimate of drug-likeness (QED) is 0.876. The first-order chi connectivity index (χ1) is 9.90. The van der Waals surface area contributed by atoms with E-state index in [1.165, 1.54) is 30.3 Å². The first-order valence-corrected chi connectivity index (χ1v) is 6.56. The highest BCUT2D eigenvalue weighted by atomic mass is 35.5. The van der Waals surface area contributed by atoms with Crippen molar-refractivity contribution in [3.05, 3.63) is 61.9 Å². The van der Waals surface area contributed by atoms with Crippen LogP contribution in [-0.2, 0) is 0 Å². The van der Waals surface area contributed by atoms with E-state index in [4.69, 9.17) is 33.2 Å². The average molecular weight is 324 g/mol. The van der Waals surface area contributed by atoms with Gasteiger partial charge in [0.15, 0.2) is 11.4 Å². The van der Waals surface area contributed by atoms with E-state index in [9.17, 15) is 10.4 Å². The fourth-order valence-electron chi connectivity index (χ4n) is 1.76. The monoisotopic (exact) mass is 323 g/mol. The lowest BCUT2D eigenvalue weighted by Crippen LogP contribution is -2.96. The molecule has 0 spiro atoms. The Hall–Kier alpha value is -1.81. The molecule has 0 aromatic heterocycles. The second-order valence-corrected chi connectivity index (χ2v) is 5.14. The minimum atomic E-state index is -1.44. The summed E-state index contributed by atoms with van der Waals surface area (Å²) in [5.74, 6) is 0.351. The Bertz CT molecular complexity index is 707. The third kappa shape index (κ3) is 3.64. The van der Waals surface area contributed by atoms with Crippen LogP contribution >= 0.6 is 23.2 Å². The number of halogens is 2. The Morgan fingerprint density at radius 3 is 2.24 bits per heavy atom. The number of nitrogens with zero attached hydrogens (tertiary/aromatic N) is 1. The Balaban J connectivity index is 2.48. The number of hydrogen-bond acceptors (Lipinski definition) is 4. The molecule has 1 N–H and O–H groups in total. The zero-order valence-electron chi connectivity index (χ0n) is 10.8. The summed E-state index contributed by atoms with van der Waals surface area (Å²) in [5, 5.41) is 30.6. The highest BCUT2D eigenvalue weighted by molar-refractivity contribution is 6.34. The smallest absolute Gasteiger partial charge is 0.188 e. The summed E-state index contributed by atoms with van der Waals surface area (Å²) in [6.45, 7) is 1.68. The minimum Gasteiger partial charge on any atom is -0.628 e. The van der Waals surface area contributed by atoms with Crippen molar-refractivity contribution < 1.29 is 9.96 Å². The molecule has 2 aromatic carbocycles. The van der Waals surface area contributed by atoms with E-state index in [0.29, 0.717) is 21.4 Å². The molecule has 5 nitrogen and oxygen atoms in total. The molecular weight excluding hydrogens is 315 g/mol. The van der Waals surface area contributed by atoms with Gasteiger partial charge in [-0.25, -0.2) is 0 Å². The molecule has 0 saturated carbocycles. The van der Waals surface area contributed by atoms with Gasteiger partial charge in [-0.1, -0.05) is 23.2 Å². The van der Waals surface area contributed by atoms with Gasteiger partial charge in [-0.2, -0.15) is 5.26 Å². The molecule has 0 amide bonds. The maximum Gasteiger partial charge on any atom is 0.188 e. The van der Waals surface area contributed by atoms with Crippen LogP contribution in [0.2, 0.25) is 10.0 Å². The standard InChI is InChI=1S/C14H9Cl2N2O3/c1-8-2-14(13(18(19)20)3-9(8)7-17)21-12-5-10(15)4-11(16)6-12/h2-6,18H,1H3/q-1. The molecule has 21 heavy (non-hydrogen) atoms. The number of nitriles is 1. The summed E-state index contributed by atoms with van der Waals surface area (Å²) in [5.41, 5.74) is 0.615. The lowest BCUT2D eigenvalue weighted by molar-refractivity contribution is -0.715. The summed E-state index contributed by atoms with van der Waals surface area (Å²) in [6.07, 6.45) is 0. The lowest BCUT2D eigenvalue weighted by Gasteiger charge is -2.27. The van der Waals surface area contributed by atoms with Crippen molar-refractivity contribution in [2.24, 2.45) is 0 Å². The van der Waals surface area contributed by atoms with E-state index in [1.54, 1.807) is 6.92 Å². The van der Waals surface area contributed by atoms with Crippen molar-refractivity contribution in [1.82, 2.24) is 0 Å². The Kier molecular flexibility index (Phi) is 4.68. The molecule has 0 aliphatic carbocycles. The van der Waals surface area contributed by atoms with Crippen molar-refractivity contribution in [2.45, 2.75) is 6.92 Å². The number of nitrogens with one attached hydrogen (secondary N) is 1. The van der Waals surface area contributed by atoms with E-state index >= 15 is 0 Å². The second kappa shape index (κ2) is 6.31. The summed E-state index contributed by atoms with van der Waals surface area (Å²) in [7, 11) is 0. The van der Waals surface area contributed by atoms with Gasteiger partial charge in [0.2, 0.25) is 0 Å². The van der Waals surface area contributed by atoms with Gasteiger partial charge in [0, 0.05) is 16.1 Å². The third-order valence-electron chi connectivity index (χ3n) is 2.73. The SMILES string of the molecule is Cc1cc(Oc2cc(Cl)cc(Cl)c2)c([NH+]([O-])[O-])cc1C#N. The largest absolute Gasteiger partial charge is 0.628 e. The van der Waals surface area contributed by atoms with Crippen LogP contribution in [0, 0.1) is 28.7 Å². The zero-order valence-corrected chi connectivity index (χ0v) is 12.3. The fraction of sp³-hybridized carbons (Fsp3) is 0.0714. The molecule has 0 fully saturated rings. The zero-order chi connectivity index (χ0) is 15.6. The molecule has 0 atom stereocenters. The van der Waals surface area contributed by atoms with Gasteiger partial charge in [0.1, 0.15) is 5.75 Å². The molecule has 108 valence electrons. The number of ether oxygens (including phenoxy) is 1. The van der Waals surface area contributed by atoms with Crippen molar-refractivity contribution in [1.29, 1.82) is 5.26 Å². The molecule has 0 aliphatic rings. The molecule has 0 saturated heterocycles. The van der Waals surface area contributed by atoms with E-state index in [-0.39, 0.29) is 17.0 Å². The van der Waals surface area contributed by atoms with Gasteiger partial charge in [-0.05, 0) is 36.8 Å². The van der Waals surface area contributed by atoms with Crippen LogP contribution in [0.3, 0.4) is 0 Å². The highest BCUT2D eigenvalue weighted by Gasteiger charge is 2.13. The number of rotatable bonds is 3. The van der Waals surface area contributed by atoms with E-state index in [0.717, 1.165) is 0 Å². The van der Waals surface area contributed by atoms with Crippen LogP contribution in [0.1, 0.15) is 11.1 Å². The van der Waals surface area contributed by atoms with E-state index in [1.807, 2.05) is 6.07 Å². The lowest BCUT2D eigenvalue weighted by atomic mass is 10.1. The number of hydrogen-bond donors (Lipinski definition) is 1. The highest BCUT2D eigenvalue weighted by Crippen LogP contribution is 2.33. The molecular formula is C14H9Cl2N2O3-. The van der Waals surface area contributed by atoms with Gasteiger partial charge in [0.25, 0.3) is 0 Å². The van der Waals surface area contributed by atoms with Crippen LogP contribution in [0.25, 0.3) is 0 Å². The van der Waals surface area contributed by atoms with Crippen LogP contribution < -0.4 is 9.96 Å². The Morgan fingerprint density at radius 2 is 1.71 bits per heavy atom. The van der Waals surface area contributed by atoms with E-state index < -0.39 is 5.23 Å².